The quantitative estimate of drug-likeness (QED) is 0.480. The molecule has 0 fully saturated rings. The predicted octanol–water partition coefficient (Wildman–Crippen LogP) is 1.33. The monoisotopic (exact) mass is 243 g/mol. The Bertz CT molecular complexity index is 564. The van der Waals surface area contributed by atoms with Crippen molar-refractivity contribution >= 4 is 15.8 Å². The molecule has 0 radical (unpaired) electrons. The molecule has 2 rings (SSSR count). The van der Waals surface area contributed by atoms with E-state index in [2.05, 4.69) is 0 Å². The van der Waals surface area contributed by atoms with E-state index in [1.54, 1.807) is 0 Å². The van der Waals surface area contributed by atoms with Crippen molar-refractivity contribution in [3.05, 3.63) is 33.4 Å². The van der Waals surface area contributed by atoms with E-state index < -0.39 is 19.9 Å². The minimum Gasteiger partial charge on any atom is -0.282 e. The van der Waals surface area contributed by atoms with Gasteiger partial charge in [-0.25, -0.2) is 0 Å². The summed E-state index contributed by atoms with van der Waals surface area (Å²) in [5.74, 6) is 0. The Hall–Kier alpha value is -1.47. The molecule has 0 unspecified atom stereocenters. The van der Waals surface area contributed by atoms with Gasteiger partial charge >= 0.3 is 0 Å². The molecule has 0 saturated carbocycles. The highest BCUT2D eigenvalue weighted by Crippen LogP contribution is 2.33. The first kappa shape index (κ1) is 11.0. The third-order valence-electron chi connectivity index (χ3n) is 2.66. The molecule has 0 aliphatic heterocycles. The SMILES string of the molecule is O=[N+]([O-])c1cc(S(=O)(=O)O)cc2c1CCC2. The molecule has 1 N–H and O–H groups in total. The molecule has 0 amide bonds. The first-order chi connectivity index (χ1) is 7.39. The van der Waals surface area contributed by atoms with E-state index in [0.717, 1.165) is 12.5 Å². The molecule has 16 heavy (non-hydrogen) atoms. The van der Waals surface area contributed by atoms with Crippen molar-refractivity contribution in [2.75, 3.05) is 0 Å². The number of nitrogens with zero attached hydrogens (tertiary/aromatic N) is 1. The molecule has 6 nitrogen and oxygen atoms in total. The highest BCUT2D eigenvalue weighted by Gasteiger charge is 2.26. The van der Waals surface area contributed by atoms with E-state index in [1.165, 1.54) is 6.07 Å². The van der Waals surface area contributed by atoms with Crippen LogP contribution in [-0.2, 0) is 23.0 Å². The zero-order valence-electron chi connectivity index (χ0n) is 8.21. The molecule has 0 heterocycles. The van der Waals surface area contributed by atoms with Crippen LogP contribution in [0, 0.1) is 10.1 Å². The maximum absolute atomic E-state index is 10.9. The summed E-state index contributed by atoms with van der Waals surface area (Å²) in [5.41, 5.74) is 1.00. The first-order valence-electron chi connectivity index (χ1n) is 4.67. The lowest BCUT2D eigenvalue weighted by Gasteiger charge is -2.03. The van der Waals surface area contributed by atoms with E-state index in [9.17, 15) is 18.5 Å². The molecular formula is C9H9NO5S. The number of hydrogen-bond donors (Lipinski definition) is 1. The van der Waals surface area contributed by atoms with Crippen LogP contribution in [0.1, 0.15) is 17.5 Å². The Balaban J connectivity index is 2.70. The van der Waals surface area contributed by atoms with Crippen molar-refractivity contribution in [1.82, 2.24) is 0 Å². The third kappa shape index (κ3) is 1.79. The average molecular weight is 243 g/mol. The lowest BCUT2D eigenvalue weighted by atomic mass is 10.1. The fourth-order valence-electron chi connectivity index (χ4n) is 1.97. The number of hydrogen-bond acceptors (Lipinski definition) is 4. The number of fused-ring (bicyclic) bond motifs is 1. The summed E-state index contributed by atoms with van der Waals surface area (Å²) in [7, 11) is -4.38. The van der Waals surface area contributed by atoms with Crippen molar-refractivity contribution in [3.8, 4) is 0 Å². The van der Waals surface area contributed by atoms with Crippen molar-refractivity contribution in [3.63, 3.8) is 0 Å². The molecule has 1 aliphatic rings. The smallest absolute Gasteiger partial charge is 0.282 e. The molecule has 0 spiro atoms. The summed E-state index contributed by atoms with van der Waals surface area (Å²) in [4.78, 5) is 9.75. The number of benzene rings is 1. The van der Waals surface area contributed by atoms with Gasteiger partial charge in [0.2, 0.25) is 0 Å². The Kier molecular flexibility index (Phi) is 2.43. The molecule has 0 bridgehead atoms. The maximum atomic E-state index is 10.9. The number of nitro groups is 1. The molecule has 0 aromatic heterocycles. The lowest BCUT2D eigenvalue weighted by Crippen LogP contribution is -2.02. The van der Waals surface area contributed by atoms with E-state index >= 15 is 0 Å². The summed E-state index contributed by atoms with van der Waals surface area (Å²) in [6, 6.07) is 2.23. The minimum atomic E-state index is -4.38. The van der Waals surface area contributed by atoms with Crippen LogP contribution in [0.5, 0.6) is 0 Å². The Morgan fingerprint density at radius 2 is 2.00 bits per heavy atom. The van der Waals surface area contributed by atoms with Gasteiger partial charge in [0.05, 0.1) is 4.92 Å². The largest absolute Gasteiger partial charge is 0.294 e. The van der Waals surface area contributed by atoms with E-state index in [4.69, 9.17) is 4.55 Å². The number of nitro benzene ring substituents is 1. The highest BCUT2D eigenvalue weighted by molar-refractivity contribution is 7.85. The van der Waals surface area contributed by atoms with Gasteiger partial charge in [-0.3, -0.25) is 14.7 Å². The van der Waals surface area contributed by atoms with Gasteiger partial charge in [-0.15, -0.1) is 0 Å². The van der Waals surface area contributed by atoms with Crippen LogP contribution in [0.25, 0.3) is 0 Å². The zero-order valence-corrected chi connectivity index (χ0v) is 9.03. The maximum Gasteiger partial charge on any atom is 0.294 e. The first-order valence-corrected chi connectivity index (χ1v) is 6.11. The van der Waals surface area contributed by atoms with E-state index in [0.29, 0.717) is 24.0 Å². The van der Waals surface area contributed by atoms with Gasteiger partial charge in [-0.05, 0) is 30.9 Å². The normalized spacial score (nSPS) is 14.8. The second kappa shape index (κ2) is 3.53. The molecule has 0 atom stereocenters. The summed E-state index contributed by atoms with van der Waals surface area (Å²) in [6.45, 7) is 0. The van der Waals surface area contributed by atoms with Gasteiger partial charge in [0.25, 0.3) is 15.8 Å². The Labute approximate surface area is 91.8 Å². The molecule has 0 saturated heterocycles. The van der Waals surface area contributed by atoms with Crippen molar-refractivity contribution in [2.45, 2.75) is 24.2 Å². The molecule has 1 aromatic carbocycles. The zero-order chi connectivity index (χ0) is 11.9. The Morgan fingerprint density at radius 1 is 1.31 bits per heavy atom. The molecule has 86 valence electrons. The van der Waals surface area contributed by atoms with Crippen LogP contribution in [0.2, 0.25) is 0 Å². The molecule has 1 aromatic rings. The van der Waals surface area contributed by atoms with Gasteiger partial charge in [0, 0.05) is 11.6 Å². The van der Waals surface area contributed by atoms with Crippen molar-refractivity contribution in [1.29, 1.82) is 0 Å². The van der Waals surface area contributed by atoms with Gasteiger partial charge in [-0.1, -0.05) is 0 Å². The third-order valence-corrected chi connectivity index (χ3v) is 3.49. The van der Waals surface area contributed by atoms with Gasteiger partial charge < -0.3 is 0 Å². The average Bonchev–Trinajstić information content (AvgIpc) is 2.61. The van der Waals surface area contributed by atoms with Crippen LogP contribution >= 0.6 is 0 Å². The van der Waals surface area contributed by atoms with Crippen molar-refractivity contribution < 1.29 is 17.9 Å². The van der Waals surface area contributed by atoms with Crippen LogP contribution in [0.4, 0.5) is 5.69 Å². The van der Waals surface area contributed by atoms with Gasteiger partial charge in [-0.2, -0.15) is 8.42 Å². The molecule has 1 aliphatic carbocycles. The topological polar surface area (TPSA) is 97.5 Å². The number of rotatable bonds is 2. The summed E-state index contributed by atoms with van der Waals surface area (Å²) in [6.07, 6.45) is 1.96. The predicted molar refractivity (Wildman–Crippen MR) is 54.9 cm³/mol. The summed E-state index contributed by atoms with van der Waals surface area (Å²) >= 11 is 0. The lowest BCUT2D eigenvalue weighted by molar-refractivity contribution is -0.385. The standard InChI is InChI=1S/C9H9NO5S/c11-10(12)9-5-7(16(13,14)15)4-6-2-1-3-8(6)9/h4-5H,1-3H2,(H,13,14,15). The van der Waals surface area contributed by atoms with Gasteiger partial charge in [0.1, 0.15) is 4.90 Å². The highest BCUT2D eigenvalue weighted by atomic mass is 32.2. The van der Waals surface area contributed by atoms with Crippen LogP contribution in [-0.4, -0.2) is 17.9 Å². The van der Waals surface area contributed by atoms with Gasteiger partial charge in [0.15, 0.2) is 0 Å². The van der Waals surface area contributed by atoms with Crippen LogP contribution in [0.3, 0.4) is 0 Å². The summed E-state index contributed by atoms with van der Waals surface area (Å²) in [5, 5.41) is 10.8. The summed E-state index contributed by atoms with van der Waals surface area (Å²) < 4.78 is 30.8. The Morgan fingerprint density at radius 3 is 2.56 bits per heavy atom. The second-order valence-electron chi connectivity index (χ2n) is 3.67. The fourth-order valence-corrected chi connectivity index (χ4v) is 2.52. The molecular weight excluding hydrogens is 234 g/mol. The van der Waals surface area contributed by atoms with Crippen molar-refractivity contribution in [2.24, 2.45) is 0 Å². The minimum absolute atomic E-state index is 0.220. The fraction of sp³-hybridized carbons (Fsp3) is 0.333. The van der Waals surface area contributed by atoms with Crippen LogP contribution < -0.4 is 0 Å². The molecule has 7 heteroatoms. The van der Waals surface area contributed by atoms with E-state index in [1.807, 2.05) is 0 Å². The van der Waals surface area contributed by atoms with E-state index in [-0.39, 0.29) is 5.69 Å². The van der Waals surface area contributed by atoms with Crippen LogP contribution in [0.15, 0.2) is 17.0 Å². The second-order valence-corrected chi connectivity index (χ2v) is 5.09. The number of aryl methyl sites for hydroxylation is 1.